The third-order valence-electron chi connectivity index (χ3n) is 4.69. The molecule has 0 aliphatic carbocycles. The molecule has 2 aromatic carbocycles. The number of fused-ring (bicyclic) bond motifs is 1. The third-order valence-corrected chi connectivity index (χ3v) is 4.69. The molecule has 0 spiro atoms. The normalized spacial score (nSPS) is 11.4. The average molecular weight is 440 g/mol. The number of benzene rings is 2. The molecule has 4 rings (SSSR count). The number of rotatable bonds is 5. The van der Waals surface area contributed by atoms with Gasteiger partial charge in [0, 0.05) is 54.8 Å². The van der Waals surface area contributed by atoms with E-state index in [-0.39, 0.29) is 11.7 Å². The van der Waals surface area contributed by atoms with Gasteiger partial charge in [-0.2, -0.15) is 0 Å². The van der Waals surface area contributed by atoms with E-state index in [0.717, 1.165) is 22.2 Å². The fraction of sp³-hybridized carbons (Fsp3) is 0.130. The molecule has 0 fully saturated rings. The Morgan fingerprint density at radius 3 is 2.50 bits per heavy atom. The Bertz CT molecular complexity index is 1260. The fourth-order valence-corrected chi connectivity index (χ4v) is 3.22. The van der Waals surface area contributed by atoms with Crippen molar-refractivity contribution in [3.8, 4) is 17.0 Å². The molecule has 6 nitrogen and oxygen atoms in total. The topological polar surface area (TPSA) is 70.2 Å². The van der Waals surface area contributed by atoms with Crippen molar-refractivity contribution in [3.63, 3.8) is 0 Å². The second kappa shape index (κ2) is 8.26. The van der Waals surface area contributed by atoms with Crippen LogP contribution in [-0.4, -0.2) is 41.2 Å². The van der Waals surface area contributed by atoms with E-state index in [2.05, 4.69) is 20.0 Å². The summed E-state index contributed by atoms with van der Waals surface area (Å²) >= 11 is 0. The summed E-state index contributed by atoms with van der Waals surface area (Å²) in [5, 5.41) is 3.85. The highest BCUT2D eigenvalue weighted by molar-refractivity contribution is 5.94. The molecule has 2 heterocycles. The summed E-state index contributed by atoms with van der Waals surface area (Å²) < 4.78 is 41.3. The Morgan fingerprint density at radius 2 is 1.81 bits per heavy atom. The lowest BCUT2D eigenvalue weighted by molar-refractivity contribution is -0.274. The number of carbonyl (C=O) groups is 1. The zero-order valence-corrected chi connectivity index (χ0v) is 17.2. The lowest BCUT2D eigenvalue weighted by Gasteiger charge is -2.11. The molecule has 2 aromatic heterocycles. The van der Waals surface area contributed by atoms with Crippen molar-refractivity contribution in [1.82, 2.24) is 14.9 Å². The fourth-order valence-electron chi connectivity index (χ4n) is 3.22. The number of nitrogens with one attached hydrogen (secondary N) is 2. The standard InChI is InChI=1S/C23H19F3N4O2/c1-30(2)22(31)15-8-6-14(7-9-15)19-10-16-13-27-21(12-20(16)29-19)28-17-4-3-5-18(11-17)32-23(24,25)26/h3-13,29H,1-2H3,(H,27,28). The minimum absolute atomic E-state index is 0.0715. The summed E-state index contributed by atoms with van der Waals surface area (Å²) in [4.78, 5) is 21.2. The zero-order chi connectivity index (χ0) is 22.9. The summed E-state index contributed by atoms with van der Waals surface area (Å²) in [5.74, 6) is 0.0711. The minimum Gasteiger partial charge on any atom is -0.406 e. The number of aromatic amines is 1. The highest BCUT2D eigenvalue weighted by Gasteiger charge is 2.31. The lowest BCUT2D eigenvalue weighted by Crippen LogP contribution is -2.21. The smallest absolute Gasteiger partial charge is 0.406 e. The van der Waals surface area contributed by atoms with E-state index in [0.29, 0.717) is 17.1 Å². The van der Waals surface area contributed by atoms with Gasteiger partial charge >= 0.3 is 6.36 Å². The number of H-pyrrole nitrogens is 1. The number of amides is 1. The van der Waals surface area contributed by atoms with E-state index >= 15 is 0 Å². The molecule has 0 saturated carbocycles. The van der Waals surface area contributed by atoms with Crippen molar-refractivity contribution in [1.29, 1.82) is 0 Å². The van der Waals surface area contributed by atoms with E-state index in [4.69, 9.17) is 0 Å². The molecule has 0 saturated heterocycles. The SMILES string of the molecule is CN(C)C(=O)c1ccc(-c2cc3cnc(Nc4cccc(OC(F)(F)F)c4)cc3[nH]2)cc1. The molecule has 0 aliphatic heterocycles. The molecule has 9 heteroatoms. The van der Waals surface area contributed by atoms with Crippen LogP contribution in [0.2, 0.25) is 0 Å². The van der Waals surface area contributed by atoms with Gasteiger partial charge in [-0.25, -0.2) is 4.98 Å². The number of pyridine rings is 1. The van der Waals surface area contributed by atoms with E-state index < -0.39 is 6.36 Å². The molecule has 4 aromatic rings. The Balaban J connectivity index is 1.55. The van der Waals surface area contributed by atoms with Crippen LogP contribution < -0.4 is 10.1 Å². The first-order valence-corrected chi connectivity index (χ1v) is 9.62. The van der Waals surface area contributed by atoms with Crippen LogP contribution in [0.1, 0.15) is 10.4 Å². The Labute approximate surface area is 181 Å². The van der Waals surface area contributed by atoms with Gasteiger partial charge < -0.3 is 19.9 Å². The molecule has 0 atom stereocenters. The third kappa shape index (κ3) is 4.83. The minimum atomic E-state index is -4.76. The zero-order valence-electron chi connectivity index (χ0n) is 17.2. The van der Waals surface area contributed by atoms with Crippen LogP contribution in [0.3, 0.4) is 0 Å². The first kappa shape index (κ1) is 21.2. The first-order valence-electron chi connectivity index (χ1n) is 9.62. The van der Waals surface area contributed by atoms with Crippen LogP contribution in [0.25, 0.3) is 22.2 Å². The second-order valence-corrected chi connectivity index (χ2v) is 7.32. The van der Waals surface area contributed by atoms with Crippen LogP contribution in [0.5, 0.6) is 5.75 Å². The van der Waals surface area contributed by atoms with E-state index in [1.54, 1.807) is 44.6 Å². The number of aromatic nitrogens is 2. The van der Waals surface area contributed by atoms with Crippen molar-refractivity contribution >= 4 is 28.3 Å². The Hall–Kier alpha value is -4.01. The number of nitrogens with zero attached hydrogens (tertiary/aromatic N) is 2. The molecule has 1 amide bonds. The summed E-state index contributed by atoms with van der Waals surface area (Å²) in [6, 6.07) is 16.5. The Kier molecular flexibility index (Phi) is 5.48. The number of halogens is 3. The van der Waals surface area contributed by atoms with Crippen molar-refractivity contribution < 1.29 is 22.7 Å². The number of ether oxygens (including phenoxy) is 1. The van der Waals surface area contributed by atoms with E-state index in [9.17, 15) is 18.0 Å². The predicted octanol–water partition coefficient (Wildman–Crippen LogP) is 5.57. The van der Waals surface area contributed by atoms with Crippen molar-refractivity contribution in [2.45, 2.75) is 6.36 Å². The lowest BCUT2D eigenvalue weighted by atomic mass is 10.1. The average Bonchev–Trinajstić information content (AvgIpc) is 3.16. The summed E-state index contributed by atoms with van der Waals surface area (Å²) in [7, 11) is 3.40. The van der Waals surface area contributed by atoms with Crippen LogP contribution in [0.4, 0.5) is 24.7 Å². The molecule has 0 aliphatic rings. The van der Waals surface area contributed by atoms with Gasteiger partial charge in [0.25, 0.3) is 5.91 Å². The number of alkyl halides is 3. The highest BCUT2D eigenvalue weighted by Crippen LogP contribution is 2.29. The maximum Gasteiger partial charge on any atom is 0.573 e. The Morgan fingerprint density at radius 1 is 1.06 bits per heavy atom. The van der Waals surface area contributed by atoms with Gasteiger partial charge in [0.15, 0.2) is 0 Å². The van der Waals surface area contributed by atoms with Crippen LogP contribution in [0.15, 0.2) is 66.9 Å². The highest BCUT2D eigenvalue weighted by atomic mass is 19.4. The predicted molar refractivity (Wildman–Crippen MR) is 116 cm³/mol. The number of carbonyl (C=O) groups excluding carboxylic acids is 1. The van der Waals surface area contributed by atoms with E-state index in [1.807, 2.05) is 18.2 Å². The number of hydrogen-bond acceptors (Lipinski definition) is 4. The molecule has 0 radical (unpaired) electrons. The van der Waals surface area contributed by atoms with Gasteiger partial charge in [-0.15, -0.1) is 13.2 Å². The van der Waals surface area contributed by atoms with Gasteiger partial charge in [-0.1, -0.05) is 18.2 Å². The molecule has 0 bridgehead atoms. The van der Waals surface area contributed by atoms with Gasteiger partial charge in [-0.05, 0) is 35.9 Å². The van der Waals surface area contributed by atoms with Gasteiger partial charge in [0.05, 0.1) is 5.52 Å². The van der Waals surface area contributed by atoms with Crippen molar-refractivity contribution in [3.05, 3.63) is 72.4 Å². The molecular formula is C23H19F3N4O2. The second-order valence-electron chi connectivity index (χ2n) is 7.32. The summed E-state index contributed by atoms with van der Waals surface area (Å²) in [6.45, 7) is 0. The van der Waals surface area contributed by atoms with Crippen LogP contribution in [-0.2, 0) is 0 Å². The van der Waals surface area contributed by atoms with Crippen molar-refractivity contribution in [2.24, 2.45) is 0 Å². The van der Waals surface area contributed by atoms with Gasteiger partial charge in [0.2, 0.25) is 0 Å². The number of hydrogen-bond donors (Lipinski definition) is 2. The number of anilines is 2. The van der Waals surface area contributed by atoms with Crippen LogP contribution >= 0.6 is 0 Å². The largest absolute Gasteiger partial charge is 0.573 e. The maximum atomic E-state index is 12.4. The van der Waals surface area contributed by atoms with Crippen LogP contribution in [0, 0.1) is 0 Å². The van der Waals surface area contributed by atoms with Crippen molar-refractivity contribution in [2.75, 3.05) is 19.4 Å². The van der Waals surface area contributed by atoms with Gasteiger partial charge in [-0.3, -0.25) is 4.79 Å². The quantitative estimate of drug-likeness (QED) is 0.425. The molecule has 2 N–H and O–H groups in total. The monoisotopic (exact) mass is 440 g/mol. The molecule has 32 heavy (non-hydrogen) atoms. The van der Waals surface area contributed by atoms with Gasteiger partial charge in [0.1, 0.15) is 11.6 Å². The molecule has 164 valence electrons. The first-order chi connectivity index (χ1) is 15.2. The molecule has 0 unspecified atom stereocenters. The van der Waals surface area contributed by atoms with E-state index in [1.165, 1.54) is 23.1 Å². The summed E-state index contributed by atoms with van der Waals surface area (Å²) in [5.41, 5.74) is 3.56. The molecular weight excluding hydrogens is 421 g/mol. The maximum absolute atomic E-state index is 12.4. The summed E-state index contributed by atoms with van der Waals surface area (Å²) in [6.07, 6.45) is -3.09.